The van der Waals surface area contributed by atoms with Gasteiger partial charge in [0.15, 0.2) is 5.82 Å². The van der Waals surface area contributed by atoms with Crippen LogP contribution in [0.25, 0.3) is 0 Å². The van der Waals surface area contributed by atoms with Gasteiger partial charge in [-0.3, -0.25) is 0 Å². The molecule has 0 spiro atoms. The van der Waals surface area contributed by atoms with Gasteiger partial charge in [0.25, 0.3) is 0 Å². The van der Waals surface area contributed by atoms with E-state index in [1.165, 1.54) is 6.42 Å². The fourth-order valence-corrected chi connectivity index (χ4v) is 1.69. The number of aryl methyl sites for hydroxylation is 1. The van der Waals surface area contributed by atoms with Crippen molar-refractivity contribution in [2.45, 2.75) is 38.1 Å². The molecule has 0 amide bonds. The highest BCUT2D eigenvalue weighted by Crippen LogP contribution is 2.39. The predicted molar refractivity (Wildman–Crippen MR) is 48.3 cm³/mol. The SMILES string of the molecule is CCc1noc(C2(NC)CCC2)n1. The molecular formula is C9H15N3O. The van der Waals surface area contributed by atoms with E-state index >= 15 is 0 Å². The Kier molecular flexibility index (Phi) is 2.07. The Morgan fingerprint density at radius 1 is 1.54 bits per heavy atom. The van der Waals surface area contributed by atoms with Crippen LogP contribution in [-0.4, -0.2) is 17.2 Å². The van der Waals surface area contributed by atoms with Gasteiger partial charge in [-0.15, -0.1) is 0 Å². The van der Waals surface area contributed by atoms with Gasteiger partial charge in [0.05, 0.1) is 5.54 Å². The van der Waals surface area contributed by atoms with Gasteiger partial charge in [0.1, 0.15) is 0 Å². The largest absolute Gasteiger partial charge is 0.337 e. The van der Waals surface area contributed by atoms with Crippen molar-refractivity contribution in [3.05, 3.63) is 11.7 Å². The number of nitrogens with one attached hydrogen (secondary N) is 1. The summed E-state index contributed by atoms with van der Waals surface area (Å²) in [6, 6.07) is 0. The Hall–Kier alpha value is -0.900. The molecule has 1 aromatic rings. The summed E-state index contributed by atoms with van der Waals surface area (Å²) in [5.41, 5.74) is -0.0135. The summed E-state index contributed by atoms with van der Waals surface area (Å²) in [5, 5.41) is 7.18. The lowest BCUT2D eigenvalue weighted by Gasteiger charge is -2.37. The smallest absolute Gasteiger partial charge is 0.246 e. The number of rotatable bonds is 3. The van der Waals surface area contributed by atoms with Crippen LogP contribution in [0.2, 0.25) is 0 Å². The first-order valence-electron chi connectivity index (χ1n) is 4.83. The molecule has 1 heterocycles. The Morgan fingerprint density at radius 2 is 2.31 bits per heavy atom. The van der Waals surface area contributed by atoms with Crippen molar-refractivity contribution in [1.82, 2.24) is 15.5 Å². The van der Waals surface area contributed by atoms with E-state index in [0.717, 1.165) is 31.0 Å². The first kappa shape index (κ1) is 8.69. The number of hydrogen-bond donors (Lipinski definition) is 1. The van der Waals surface area contributed by atoms with Crippen molar-refractivity contribution in [3.63, 3.8) is 0 Å². The molecule has 1 N–H and O–H groups in total. The topological polar surface area (TPSA) is 51.0 Å². The van der Waals surface area contributed by atoms with Crippen molar-refractivity contribution >= 4 is 0 Å². The highest BCUT2D eigenvalue weighted by molar-refractivity contribution is 5.08. The van der Waals surface area contributed by atoms with Crippen molar-refractivity contribution in [2.24, 2.45) is 0 Å². The monoisotopic (exact) mass is 181 g/mol. The second-order valence-electron chi connectivity index (χ2n) is 3.55. The highest BCUT2D eigenvalue weighted by atomic mass is 16.5. The molecule has 1 aliphatic rings. The maximum Gasteiger partial charge on any atom is 0.246 e. The minimum Gasteiger partial charge on any atom is -0.337 e. The van der Waals surface area contributed by atoms with E-state index in [4.69, 9.17) is 4.52 Å². The molecule has 1 aromatic heterocycles. The summed E-state index contributed by atoms with van der Waals surface area (Å²) in [6.45, 7) is 2.03. The van der Waals surface area contributed by atoms with Gasteiger partial charge in [-0.25, -0.2) is 0 Å². The standard InChI is InChI=1S/C9H15N3O/c1-3-7-11-8(13-12-7)9(10-2)5-4-6-9/h10H,3-6H2,1-2H3. The zero-order valence-corrected chi connectivity index (χ0v) is 8.13. The van der Waals surface area contributed by atoms with Crippen LogP contribution < -0.4 is 5.32 Å². The molecule has 72 valence electrons. The quantitative estimate of drug-likeness (QED) is 0.762. The Morgan fingerprint density at radius 3 is 2.69 bits per heavy atom. The van der Waals surface area contributed by atoms with E-state index in [0.29, 0.717) is 0 Å². The molecule has 0 bridgehead atoms. The molecule has 1 fully saturated rings. The summed E-state index contributed by atoms with van der Waals surface area (Å²) in [6.07, 6.45) is 4.29. The summed E-state index contributed by atoms with van der Waals surface area (Å²) < 4.78 is 5.23. The molecule has 2 rings (SSSR count). The van der Waals surface area contributed by atoms with E-state index < -0.39 is 0 Å². The third-order valence-electron chi connectivity index (χ3n) is 2.88. The zero-order chi connectivity index (χ0) is 9.31. The summed E-state index contributed by atoms with van der Waals surface area (Å²) >= 11 is 0. The molecule has 13 heavy (non-hydrogen) atoms. The van der Waals surface area contributed by atoms with Crippen LogP contribution in [-0.2, 0) is 12.0 Å². The molecule has 1 saturated carbocycles. The molecule has 0 atom stereocenters. The molecule has 0 saturated heterocycles. The summed E-state index contributed by atoms with van der Waals surface area (Å²) in [5.74, 6) is 1.56. The molecule has 4 nitrogen and oxygen atoms in total. The molecule has 1 aliphatic carbocycles. The Labute approximate surface area is 77.7 Å². The van der Waals surface area contributed by atoms with Gasteiger partial charge < -0.3 is 9.84 Å². The summed E-state index contributed by atoms with van der Waals surface area (Å²) in [4.78, 5) is 4.35. The van der Waals surface area contributed by atoms with Gasteiger partial charge in [0, 0.05) is 6.42 Å². The Balaban J connectivity index is 2.23. The highest BCUT2D eigenvalue weighted by Gasteiger charge is 2.42. The van der Waals surface area contributed by atoms with E-state index in [1.54, 1.807) is 0 Å². The van der Waals surface area contributed by atoms with E-state index in [2.05, 4.69) is 15.5 Å². The summed E-state index contributed by atoms with van der Waals surface area (Å²) in [7, 11) is 1.95. The normalized spacial score (nSPS) is 19.8. The van der Waals surface area contributed by atoms with Crippen LogP contribution in [0.1, 0.15) is 37.9 Å². The van der Waals surface area contributed by atoms with Gasteiger partial charge in [-0.05, 0) is 26.3 Å². The number of nitrogens with zero attached hydrogens (tertiary/aromatic N) is 2. The van der Waals surface area contributed by atoms with Crippen LogP contribution in [0, 0.1) is 0 Å². The van der Waals surface area contributed by atoms with Crippen LogP contribution in [0.15, 0.2) is 4.52 Å². The fraction of sp³-hybridized carbons (Fsp3) is 0.778. The zero-order valence-electron chi connectivity index (χ0n) is 8.13. The maximum absolute atomic E-state index is 5.23. The number of hydrogen-bond acceptors (Lipinski definition) is 4. The lowest BCUT2D eigenvalue weighted by molar-refractivity contribution is 0.142. The molecule has 4 heteroatoms. The third-order valence-corrected chi connectivity index (χ3v) is 2.88. The van der Waals surface area contributed by atoms with Gasteiger partial charge >= 0.3 is 0 Å². The average molecular weight is 181 g/mol. The lowest BCUT2D eigenvalue weighted by Crippen LogP contribution is -2.46. The predicted octanol–water partition coefficient (Wildman–Crippen LogP) is 1.23. The van der Waals surface area contributed by atoms with Crippen LogP contribution in [0.4, 0.5) is 0 Å². The fourth-order valence-electron chi connectivity index (χ4n) is 1.69. The van der Waals surface area contributed by atoms with E-state index in [9.17, 15) is 0 Å². The van der Waals surface area contributed by atoms with E-state index in [1.807, 2.05) is 14.0 Å². The molecule has 0 aliphatic heterocycles. The molecule has 0 radical (unpaired) electrons. The molecular weight excluding hydrogens is 166 g/mol. The van der Waals surface area contributed by atoms with Crippen LogP contribution in [0.3, 0.4) is 0 Å². The van der Waals surface area contributed by atoms with Crippen LogP contribution >= 0.6 is 0 Å². The first-order valence-corrected chi connectivity index (χ1v) is 4.83. The van der Waals surface area contributed by atoms with Crippen molar-refractivity contribution in [1.29, 1.82) is 0 Å². The minimum atomic E-state index is -0.0135. The van der Waals surface area contributed by atoms with Gasteiger partial charge in [-0.1, -0.05) is 12.1 Å². The Bertz CT molecular complexity index is 285. The van der Waals surface area contributed by atoms with Gasteiger partial charge in [0.2, 0.25) is 5.89 Å². The molecule has 0 aromatic carbocycles. The van der Waals surface area contributed by atoms with Crippen molar-refractivity contribution in [3.8, 4) is 0 Å². The van der Waals surface area contributed by atoms with Gasteiger partial charge in [-0.2, -0.15) is 4.98 Å². The minimum absolute atomic E-state index is 0.0135. The second-order valence-corrected chi connectivity index (χ2v) is 3.55. The second kappa shape index (κ2) is 3.10. The van der Waals surface area contributed by atoms with Crippen molar-refractivity contribution < 1.29 is 4.52 Å². The average Bonchev–Trinajstić information content (AvgIpc) is 2.52. The maximum atomic E-state index is 5.23. The first-order chi connectivity index (χ1) is 6.30. The van der Waals surface area contributed by atoms with Crippen molar-refractivity contribution in [2.75, 3.05) is 7.05 Å². The number of aromatic nitrogens is 2. The molecule has 0 unspecified atom stereocenters. The van der Waals surface area contributed by atoms with Crippen LogP contribution in [0.5, 0.6) is 0 Å². The van der Waals surface area contributed by atoms with E-state index in [-0.39, 0.29) is 5.54 Å². The third kappa shape index (κ3) is 1.25. The lowest BCUT2D eigenvalue weighted by atomic mass is 9.77.